The monoisotopic (exact) mass is 259 g/mol. The molecule has 1 nitrogen and oxygen atoms in total. The van der Waals surface area contributed by atoms with E-state index in [1.807, 2.05) is 6.07 Å². The summed E-state index contributed by atoms with van der Waals surface area (Å²) in [5, 5.41) is 3.57. The lowest BCUT2D eigenvalue weighted by Crippen LogP contribution is -2.32. The number of hydrogen-bond donors (Lipinski definition) is 1. The van der Waals surface area contributed by atoms with Crippen molar-refractivity contribution in [2.24, 2.45) is 5.92 Å². The van der Waals surface area contributed by atoms with E-state index in [0.29, 0.717) is 6.04 Å². The fourth-order valence-electron chi connectivity index (χ4n) is 1.88. The van der Waals surface area contributed by atoms with Crippen molar-refractivity contribution in [3.8, 4) is 0 Å². The van der Waals surface area contributed by atoms with Crippen LogP contribution in [0, 0.1) is 5.92 Å². The van der Waals surface area contributed by atoms with E-state index in [4.69, 9.17) is 11.6 Å². The van der Waals surface area contributed by atoms with Crippen LogP contribution in [0.4, 0.5) is 0 Å². The Morgan fingerprint density at radius 1 is 1.38 bits per heavy atom. The van der Waals surface area contributed by atoms with Crippen LogP contribution in [0.5, 0.6) is 0 Å². The number of thiophene rings is 1. The van der Waals surface area contributed by atoms with Crippen LogP contribution < -0.4 is 5.32 Å². The summed E-state index contributed by atoms with van der Waals surface area (Å²) in [4.78, 5) is 1.39. The van der Waals surface area contributed by atoms with Gasteiger partial charge in [-0.15, -0.1) is 11.3 Å². The van der Waals surface area contributed by atoms with Crippen LogP contribution >= 0.6 is 22.9 Å². The first-order chi connectivity index (χ1) is 7.65. The van der Waals surface area contributed by atoms with Crippen molar-refractivity contribution in [3.05, 3.63) is 21.3 Å². The number of nitrogens with one attached hydrogen (secondary N) is 1. The van der Waals surface area contributed by atoms with E-state index in [1.54, 1.807) is 11.3 Å². The largest absolute Gasteiger partial charge is 0.314 e. The van der Waals surface area contributed by atoms with Crippen LogP contribution in [0.25, 0.3) is 0 Å². The summed E-state index contributed by atoms with van der Waals surface area (Å²) in [6, 6.07) is 4.73. The van der Waals surface area contributed by atoms with Crippen molar-refractivity contribution in [2.45, 2.75) is 46.1 Å². The molecule has 0 aliphatic carbocycles. The highest BCUT2D eigenvalue weighted by atomic mass is 35.5. The van der Waals surface area contributed by atoms with Gasteiger partial charge < -0.3 is 5.32 Å². The van der Waals surface area contributed by atoms with Crippen molar-refractivity contribution in [1.82, 2.24) is 5.32 Å². The van der Waals surface area contributed by atoms with Crippen molar-refractivity contribution in [2.75, 3.05) is 6.54 Å². The molecule has 0 aromatic carbocycles. The first kappa shape index (κ1) is 14.0. The van der Waals surface area contributed by atoms with Crippen LogP contribution in [0.3, 0.4) is 0 Å². The Balaban J connectivity index is 2.50. The topological polar surface area (TPSA) is 12.0 Å². The summed E-state index contributed by atoms with van der Waals surface area (Å²) in [5.74, 6) is 0.791. The molecular weight excluding hydrogens is 238 g/mol. The third kappa shape index (κ3) is 4.86. The molecule has 0 saturated carbocycles. The molecule has 2 unspecified atom stereocenters. The van der Waals surface area contributed by atoms with Gasteiger partial charge in [-0.2, -0.15) is 0 Å². The third-order valence-corrected chi connectivity index (χ3v) is 4.21. The van der Waals surface area contributed by atoms with Gasteiger partial charge in [-0.05, 0) is 37.4 Å². The Morgan fingerprint density at radius 3 is 2.62 bits per heavy atom. The Kier molecular flexibility index (Phi) is 6.40. The van der Waals surface area contributed by atoms with Crippen LogP contribution in [0.15, 0.2) is 12.1 Å². The van der Waals surface area contributed by atoms with Gasteiger partial charge in [-0.25, -0.2) is 0 Å². The van der Waals surface area contributed by atoms with Crippen LogP contribution in [0.1, 0.15) is 38.5 Å². The van der Waals surface area contributed by atoms with E-state index in [9.17, 15) is 0 Å². The summed E-state index contributed by atoms with van der Waals surface area (Å²) in [5.41, 5.74) is 0. The third-order valence-electron chi connectivity index (χ3n) is 2.95. The molecule has 3 heteroatoms. The van der Waals surface area contributed by atoms with E-state index < -0.39 is 0 Å². The predicted octanol–water partition coefficient (Wildman–Crippen LogP) is 4.36. The smallest absolute Gasteiger partial charge is 0.0931 e. The zero-order valence-electron chi connectivity index (χ0n) is 10.4. The van der Waals surface area contributed by atoms with E-state index in [0.717, 1.165) is 23.2 Å². The van der Waals surface area contributed by atoms with Crippen LogP contribution in [0.2, 0.25) is 4.34 Å². The summed E-state index contributed by atoms with van der Waals surface area (Å²) in [6.07, 6.45) is 3.61. The first-order valence-electron chi connectivity index (χ1n) is 6.13. The molecule has 0 bridgehead atoms. The molecule has 1 aromatic rings. The fourth-order valence-corrected chi connectivity index (χ4v) is 3.05. The lowest BCUT2D eigenvalue weighted by atomic mass is 9.97. The van der Waals surface area contributed by atoms with Gasteiger partial charge in [-0.3, -0.25) is 0 Å². The average molecular weight is 260 g/mol. The van der Waals surface area contributed by atoms with Crippen molar-refractivity contribution >= 4 is 22.9 Å². The Morgan fingerprint density at radius 2 is 2.12 bits per heavy atom. The quantitative estimate of drug-likeness (QED) is 0.767. The molecule has 92 valence electrons. The highest BCUT2D eigenvalue weighted by Gasteiger charge is 2.13. The number of rotatable bonds is 7. The van der Waals surface area contributed by atoms with E-state index in [1.165, 1.54) is 17.7 Å². The van der Waals surface area contributed by atoms with Crippen LogP contribution in [-0.2, 0) is 6.42 Å². The lowest BCUT2D eigenvalue weighted by molar-refractivity contribution is 0.398. The molecule has 0 amide bonds. The van der Waals surface area contributed by atoms with Crippen molar-refractivity contribution < 1.29 is 0 Å². The highest BCUT2D eigenvalue weighted by Crippen LogP contribution is 2.24. The molecule has 0 saturated heterocycles. The zero-order valence-corrected chi connectivity index (χ0v) is 12.0. The molecule has 0 spiro atoms. The Bertz CT molecular complexity index is 298. The molecule has 16 heavy (non-hydrogen) atoms. The molecule has 1 aromatic heterocycles. The molecule has 1 heterocycles. The molecule has 2 atom stereocenters. The lowest BCUT2D eigenvalue weighted by Gasteiger charge is -2.20. The summed E-state index contributed by atoms with van der Waals surface area (Å²) in [7, 11) is 0. The summed E-state index contributed by atoms with van der Waals surface area (Å²) >= 11 is 7.65. The molecule has 0 aliphatic rings. The van der Waals surface area contributed by atoms with Gasteiger partial charge in [0.25, 0.3) is 0 Å². The van der Waals surface area contributed by atoms with Gasteiger partial charge in [0, 0.05) is 10.9 Å². The maximum absolute atomic E-state index is 5.95. The van der Waals surface area contributed by atoms with Gasteiger partial charge in [-0.1, -0.05) is 38.8 Å². The molecule has 0 radical (unpaired) electrons. The Labute approximate surface area is 108 Å². The second kappa shape index (κ2) is 7.31. The number of hydrogen-bond acceptors (Lipinski definition) is 2. The van der Waals surface area contributed by atoms with Gasteiger partial charge >= 0.3 is 0 Å². The molecule has 0 fully saturated rings. The fraction of sp³-hybridized carbons (Fsp3) is 0.692. The molecular formula is C13H22ClNS. The van der Waals surface area contributed by atoms with Gasteiger partial charge in [0.15, 0.2) is 0 Å². The second-order valence-corrected chi connectivity index (χ2v) is 6.21. The van der Waals surface area contributed by atoms with E-state index in [2.05, 4.69) is 32.2 Å². The minimum absolute atomic E-state index is 0.592. The molecule has 1 N–H and O–H groups in total. The van der Waals surface area contributed by atoms with Gasteiger partial charge in [0.2, 0.25) is 0 Å². The summed E-state index contributed by atoms with van der Waals surface area (Å²) in [6.45, 7) is 7.80. The average Bonchev–Trinajstić information content (AvgIpc) is 2.64. The van der Waals surface area contributed by atoms with Gasteiger partial charge in [0.1, 0.15) is 0 Å². The Hall–Kier alpha value is -0.0500. The standard InChI is InChI=1S/C13H22ClNS/c1-4-10(3)8-11(15-5-2)9-12-6-7-13(14)16-12/h6-7,10-11,15H,4-5,8-9H2,1-3H3. The van der Waals surface area contributed by atoms with Crippen molar-refractivity contribution in [3.63, 3.8) is 0 Å². The maximum Gasteiger partial charge on any atom is 0.0931 e. The SMILES string of the molecule is CCNC(Cc1ccc(Cl)s1)CC(C)CC. The normalized spacial score (nSPS) is 15.0. The van der Waals surface area contributed by atoms with Gasteiger partial charge in [0.05, 0.1) is 4.34 Å². The maximum atomic E-state index is 5.95. The van der Waals surface area contributed by atoms with Crippen molar-refractivity contribution in [1.29, 1.82) is 0 Å². The zero-order chi connectivity index (χ0) is 12.0. The second-order valence-electron chi connectivity index (χ2n) is 4.41. The number of likely N-dealkylation sites (N-methyl/N-ethyl adjacent to an activating group) is 1. The first-order valence-corrected chi connectivity index (χ1v) is 7.32. The molecule has 1 rings (SSSR count). The van der Waals surface area contributed by atoms with Crippen LogP contribution in [-0.4, -0.2) is 12.6 Å². The summed E-state index contributed by atoms with van der Waals surface area (Å²) < 4.78 is 0.897. The van der Waals surface area contributed by atoms with E-state index >= 15 is 0 Å². The highest BCUT2D eigenvalue weighted by molar-refractivity contribution is 7.16. The molecule has 0 aliphatic heterocycles. The predicted molar refractivity (Wildman–Crippen MR) is 74.6 cm³/mol. The number of halogens is 1. The minimum atomic E-state index is 0.592. The minimum Gasteiger partial charge on any atom is -0.314 e. The van der Waals surface area contributed by atoms with E-state index in [-0.39, 0.29) is 0 Å².